The maximum absolute atomic E-state index is 14.2. The lowest BCUT2D eigenvalue weighted by Crippen LogP contribution is -2.46. The predicted octanol–water partition coefficient (Wildman–Crippen LogP) is 6.38. The normalized spacial score (nSPS) is 21.2. The highest BCUT2D eigenvalue weighted by atomic mass is 32.2. The monoisotopic (exact) mass is 642 g/mol. The van der Waals surface area contributed by atoms with Gasteiger partial charge in [0.1, 0.15) is 11.6 Å². The highest BCUT2D eigenvalue weighted by Crippen LogP contribution is 2.43. The summed E-state index contributed by atoms with van der Waals surface area (Å²) in [5.74, 6) is 1.41. The molecule has 0 amide bonds. The average Bonchev–Trinajstić information content (AvgIpc) is 3.52. The van der Waals surface area contributed by atoms with Gasteiger partial charge in [-0.1, -0.05) is 18.6 Å². The highest BCUT2D eigenvalue weighted by molar-refractivity contribution is 7.89. The smallest absolute Gasteiger partial charge is 0.244 e. The van der Waals surface area contributed by atoms with Crippen molar-refractivity contribution in [2.75, 3.05) is 44.7 Å². The Bertz CT molecular complexity index is 1770. The molecule has 10 heteroatoms. The van der Waals surface area contributed by atoms with E-state index in [0.717, 1.165) is 68.8 Å². The lowest BCUT2D eigenvalue weighted by molar-refractivity contribution is 0.0760. The lowest BCUT2D eigenvalue weighted by Gasteiger charge is -2.47. The van der Waals surface area contributed by atoms with Gasteiger partial charge in [-0.3, -0.25) is 9.88 Å². The Morgan fingerprint density at radius 3 is 2.33 bits per heavy atom. The summed E-state index contributed by atoms with van der Waals surface area (Å²) in [6.07, 6.45) is 11.3. The number of likely N-dealkylation sites (tertiary alicyclic amines) is 1. The van der Waals surface area contributed by atoms with Crippen molar-refractivity contribution in [3.05, 3.63) is 77.4 Å². The first-order chi connectivity index (χ1) is 22.3. The van der Waals surface area contributed by atoms with Crippen LogP contribution in [0.1, 0.15) is 73.5 Å². The van der Waals surface area contributed by atoms with Crippen LogP contribution in [0.2, 0.25) is 0 Å². The van der Waals surface area contributed by atoms with E-state index in [1.165, 1.54) is 36.9 Å². The van der Waals surface area contributed by atoms with Crippen molar-refractivity contribution in [1.29, 1.82) is 0 Å². The fourth-order valence-electron chi connectivity index (χ4n) is 8.14. The SMILES string of the molecule is COc1cc(C)c(S(=O)(=O)N2CCCCC2c2nc3c(CN4CCC5(CC4)CCN(c4ccncc4)CC5)cccc3[nH]2)c(C)c1. The number of nitrogens with one attached hydrogen (secondary N) is 1. The van der Waals surface area contributed by atoms with E-state index >= 15 is 0 Å². The zero-order valence-corrected chi connectivity index (χ0v) is 28.2. The number of benzene rings is 2. The number of hydrogen-bond acceptors (Lipinski definition) is 7. The number of imidazole rings is 1. The van der Waals surface area contributed by atoms with Crippen molar-refractivity contribution in [2.45, 2.75) is 76.3 Å². The van der Waals surface area contributed by atoms with Crippen LogP contribution in [0.3, 0.4) is 0 Å². The van der Waals surface area contributed by atoms with Crippen LogP contribution in [0.25, 0.3) is 11.0 Å². The number of methoxy groups -OCH3 is 1. The van der Waals surface area contributed by atoms with Gasteiger partial charge in [0.05, 0.1) is 29.1 Å². The molecule has 1 spiro atoms. The number of aromatic nitrogens is 3. The van der Waals surface area contributed by atoms with Gasteiger partial charge in [-0.25, -0.2) is 13.4 Å². The van der Waals surface area contributed by atoms with Gasteiger partial charge in [0.15, 0.2) is 0 Å². The summed E-state index contributed by atoms with van der Waals surface area (Å²) in [7, 11) is -2.14. The summed E-state index contributed by atoms with van der Waals surface area (Å²) in [5, 5.41) is 0. The topological polar surface area (TPSA) is 94.7 Å². The standard InChI is InChI=1S/C36H46N6O3S/c1-26-23-30(45-3)24-27(2)34(26)46(43,44)42-18-5-4-9-32(42)35-38-31-8-6-7-28(33(31)39-35)25-40-19-12-36(13-20-40)14-21-41(22-15-36)29-10-16-37-17-11-29/h6-8,10-11,16-17,23-24,32H,4-5,9,12-15,18-22,25H2,1-3H3,(H,38,39). The molecular weight excluding hydrogens is 597 g/mol. The van der Waals surface area contributed by atoms with Crippen LogP contribution < -0.4 is 9.64 Å². The van der Waals surface area contributed by atoms with Crippen molar-refractivity contribution in [3.63, 3.8) is 0 Å². The van der Waals surface area contributed by atoms with Crippen molar-refractivity contribution < 1.29 is 13.2 Å². The van der Waals surface area contributed by atoms with Gasteiger partial charge in [0, 0.05) is 44.3 Å². The van der Waals surface area contributed by atoms with Gasteiger partial charge in [-0.2, -0.15) is 4.31 Å². The van der Waals surface area contributed by atoms with Crippen LogP contribution in [0.5, 0.6) is 5.75 Å². The quantitative estimate of drug-likeness (QED) is 0.250. The Morgan fingerprint density at radius 2 is 1.63 bits per heavy atom. The van der Waals surface area contributed by atoms with Gasteiger partial charge in [0.2, 0.25) is 10.0 Å². The van der Waals surface area contributed by atoms with Gasteiger partial charge in [0.25, 0.3) is 0 Å². The third-order valence-corrected chi connectivity index (χ3v) is 13.0. The van der Waals surface area contributed by atoms with Crippen LogP contribution >= 0.6 is 0 Å². The number of H-pyrrole nitrogens is 1. The van der Waals surface area contributed by atoms with Crippen LogP contribution in [0.4, 0.5) is 5.69 Å². The molecule has 7 rings (SSSR count). The molecule has 4 aromatic rings. The second-order valence-corrected chi connectivity index (χ2v) is 15.4. The molecular formula is C36H46N6O3S. The molecule has 3 saturated heterocycles. The molecule has 0 radical (unpaired) electrons. The Kier molecular flexibility index (Phi) is 8.54. The molecule has 244 valence electrons. The van der Waals surface area contributed by atoms with Gasteiger partial charge >= 0.3 is 0 Å². The number of aryl methyl sites for hydroxylation is 2. The van der Waals surface area contributed by atoms with E-state index in [1.807, 2.05) is 26.2 Å². The summed E-state index contributed by atoms with van der Waals surface area (Å²) in [5.41, 5.74) is 6.28. The Morgan fingerprint density at radius 1 is 0.935 bits per heavy atom. The van der Waals surface area contributed by atoms with Crippen LogP contribution in [-0.2, 0) is 16.6 Å². The molecule has 0 aliphatic carbocycles. The van der Waals surface area contributed by atoms with E-state index < -0.39 is 10.0 Å². The second kappa shape index (κ2) is 12.6. The largest absolute Gasteiger partial charge is 0.497 e. The first-order valence-corrected chi connectivity index (χ1v) is 18.2. The van der Waals surface area contributed by atoms with E-state index in [2.05, 4.69) is 50.1 Å². The fourth-order valence-corrected chi connectivity index (χ4v) is 10.2. The van der Waals surface area contributed by atoms with Crippen molar-refractivity contribution >= 4 is 26.7 Å². The van der Waals surface area contributed by atoms with Crippen molar-refractivity contribution in [3.8, 4) is 5.75 Å². The molecule has 3 fully saturated rings. The molecule has 1 N–H and O–H groups in total. The summed E-state index contributed by atoms with van der Waals surface area (Å²) in [6, 6.07) is 13.9. The summed E-state index contributed by atoms with van der Waals surface area (Å²) in [4.78, 5) is 18.3. The fraction of sp³-hybridized carbons (Fsp3) is 0.500. The van der Waals surface area contributed by atoms with E-state index in [4.69, 9.17) is 9.72 Å². The van der Waals surface area contributed by atoms with E-state index in [0.29, 0.717) is 33.7 Å². The van der Waals surface area contributed by atoms with E-state index in [-0.39, 0.29) is 6.04 Å². The zero-order valence-electron chi connectivity index (χ0n) is 27.3. The molecule has 3 aliphatic rings. The Balaban J connectivity index is 1.06. The first-order valence-electron chi connectivity index (χ1n) is 16.8. The van der Waals surface area contributed by atoms with Crippen LogP contribution in [0.15, 0.2) is 59.8 Å². The van der Waals surface area contributed by atoms with Gasteiger partial charge in [-0.05, 0) is 118 Å². The molecule has 2 aromatic heterocycles. The van der Waals surface area contributed by atoms with Gasteiger partial charge in [-0.15, -0.1) is 0 Å². The number of rotatable bonds is 7. The van der Waals surface area contributed by atoms with Gasteiger partial charge < -0.3 is 14.6 Å². The summed E-state index contributed by atoms with van der Waals surface area (Å²) >= 11 is 0. The van der Waals surface area contributed by atoms with E-state index in [1.54, 1.807) is 23.5 Å². The van der Waals surface area contributed by atoms with Crippen LogP contribution in [-0.4, -0.2) is 72.4 Å². The number of fused-ring (bicyclic) bond motifs is 1. The molecule has 0 saturated carbocycles. The van der Waals surface area contributed by atoms with E-state index in [9.17, 15) is 8.42 Å². The number of para-hydroxylation sites is 1. The summed E-state index contributed by atoms with van der Waals surface area (Å²) in [6.45, 7) is 9.47. The number of anilines is 1. The van der Waals surface area contributed by atoms with Crippen molar-refractivity contribution in [2.24, 2.45) is 5.41 Å². The number of aromatic amines is 1. The molecule has 3 aliphatic heterocycles. The number of sulfonamides is 1. The maximum atomic E-state index is 14.2. The minimum atomic E-state index is -3.75. The third kappa shape index (κ3) is 5.91. The molecule has 9 nitrogen and oxygen atoms in total. The third-order valence-electron chi connectivity index (χ3n) is 10.8. The number of nitrogens with zero attached hydrogens (tertiary/aromatic N) is 5. The minimum absolute atomic E-state index is 0.326. The summed E-state index contributed by atoms with van der Waals surface area (Å²) < 4.78 is 35.5. The zero-order chi connectivity index (χ0) is 31.9. The van der Waals surface area contributed by atoms with Crippen LogP contribution in [0, 0.1) is 19.3 Å². The molecule has 0 bridgehead atoms. The Labute approximate surface area is 273 Å². The average molecular weight is 643 g/mol. The molecule has 2 aromatic carbocycles. The molecule has 1 unspecified atom stereocenters. The number of pyridine rings is 1. The Hall–Kier alpha value is -3.47. The molecule has 46 heavy (non-hydrogen) atoms. The minimum Gasteiger partial charge on any atom is -0.497 e. The molecule has 1 atom stereocenters. The number of piperidine rings is 3. The lowest BCUT2D eigenvalue weighted by atomic mass is 9.71. The maximum Gasteiger partial charge on any atom is 0.244 e. The second-order valence-electron chi connectivity index (χ2n) is 13.6. The first kappa shape index (κ1) is 31.1. The number of hydrogen-bond donors (Lipinski definition) is 1. The predicted molar refractivity (Wildman–Crippen MR) is 182 cm³/mol. The number of ether oxygens (including phenoxy) is 1. The molecule has 5 heterocycles. The van der Waals surface area contributed by atoms with Crippen molar-refractivity contribution in [1.82, 2.24) is 24.2 Å². The highest BCUT2D eigenvalue weighted by Gasteiger charge is 2.39.